The largest absolute Gasteiger partial charge is 0.416 e. The number of hydrogen-bond acceptors (Lipinski definition) is 4. The quantitative estimate of drug-likeness (QED) is 0.792. The van der Waals surface area contributed by atoms with E-state index in [0.29, 0.717) is 18.8 Å². The summed E-state index contributed by atoms with van der Waals surface area (Å²) in [6.45, 7) is 1.04. The Hall–Kier alpha value is -2.61. The van der Waals surface area contributed by atoms with E-state index >= 15 is 0 Å². The molecule has 0 unspecified atom stereocenters. The molecular weight excluding hydrogens is 323 g/mol. The van der Waals surface area contributed by atoms with Crippen molar-refractivity contribution < 1.29 is 22.7 Å². The van der Waals surface area contributed by atoms with E-state index in [4.69, 9.17) is 4.74 Å². The van der Waals surface area contributed by atoms with E-state index in [0.717, 1.165) is 12.1 Å². The first-order valence-electron chi connectivity index (χ1n) is 7.07. The van der Waals surface area contributed by atoms with Gasteiger partial charge in [-0.05, 0) is 30.3 Å². The van der Waals surface area contributed by atoms with E-state index in [1.54, 1.807) is 13.2 Å². The lowest BCUT2D eigenvalue weighted by Gasteiger charge is -2.10. The average molecular weight is 339 g/mol. The molecule has 0 spiro atoms. The number of nitrogens with one attached hydrogen (secondary N) is 2. The first-order valence-corrected chi connectivity index (χ1v) is 7.07. The van der Waals surface area contributed by atoms with Crippen LogP contribution in [0, 0.1) is 0 Å². The maximum atomic E-state index is 12.7. The lowest BCUT2D eigenvalue weighted by molar-refractivity contribution is -0.137. The average Bonchev–Trinajstić information content (AvgIpc) is 2.55. The highest BCUT2D eigenvalue weighted by Gasteiger charge is 2.30. The van der Waals surface area contributed by atoms with Gasteiger partial charge in [-0.15, -0.1) is 0 Å². The van der Waals surface area contributed by atoms with Gasteiger partial charge in [-0.25, -0.2) is 0 Å². The highest BCUT2D eigenvalue weighted by molar-refractivity contribution is 6.03. The molecule has 128 valence electrons. The van der Waals surface area contributed by atoms with Crippen LogP contribution in [0.5, 0.6) is 0 Å². The Labute approximate surface area is 136 Å². The summed E-state index contributed by atoms with van der Waals surface area (Å²) in [5, 5.41) is 5.45. The Morgan fingerprint density at radius 1 is 1.21 bits per heavy atom. The molecule has 1 heterocycles. The molecule has 0 atom stereocenters. The zero-order valence-electron chi connectivity index (χ0n) is 12.9. The summed E-state index contributed by atoms with van der Waals surface area (Å²) in [4.78, 5) is 16.1. The molecule has 1 aromatic carbocycles. The molecule has 2 rings (SSSR count). The number of carbonyl (C=O) groups excluding carboxylic acids is 1. The van der Waals surface area contributed by atoms with E-state index in [9.17, 15) is 18.0 Å². The predicted molar refractivity (Wildman–Crippen MR) is 84.0 cm³/mol. The van der Waals surface area contributed by atoms with Crippen molar-refractivity contribution in [3.8, 4) is 0 Å². The number of hydrogen-bond donors (Lipinski definition) is 2. The minimum absolute atomic E-state index is 0.0503. The van der Waals surface area contributed by atoms with Crippen LogP contribution >= 0.6 is 0 Å². The van der Waals surface area contributed by atoms with Crippen LogP contribution < -0.4 is 10.6 Å². The van der Waals surface area contributed by atoms with Crippen LogP contribution in [0.25, 0.3) is 0 Å². The summed E-state index contributed by atoms with van der Waals surface area (Å²) < 4.78 is 43.0. The number of aromatic nitrogens is 1. The number of carbonyl (C=O) groups is 1. The van der Waals surface area contributed by atoms with Crippen LogP contribution in [0.1, 0.15) is 16.1 Å². The van der Waals surface area contributed by atoms with Gasteiger partial charge in [-0.2, -0.15) is 13.2 Å². The van der Waals surface area contributed by atoms with Crippen molar-refractivity contribution in [2.24, 2.45) is 0 Å². The Morgan fingerprint density at radius 2 is 2.00 bits per heavy atom. The third kappa shape index (κ3) is 4.95. The van der Waals surface area contributed by atoms with Crippen molar-refractivity contribution in [1.29, 1.82) is 0 Å². The first kappa shape index (κ1) is 17.7. The Morgan fingerprint density at radius 3 is 2.71 bits per heavy atom. The number of alkyl halides is 3. The van der Waals surface area contributed by atoms with Gasteiger partial charge in [-0.1, -0.05) is 6.07 Å². The standard InChI is InChI=1S/C16H16F3N3O2/c1-24-8-7-20-12-5-6-21-14(10-12)15(23)22-13-4-2-3-11(9-13)16(17,18)19/h2-6,9-10H,7-8H2,1H3,(H,20,21)(H,22,23). The van der Waals surface area contributed by atoms with Gasteiger partial charge < -0.3 is 15.4 Å². The van der Waals surface area contributed by atoms with Gasteiger partial charge >= 0.3 is 6.18 Å². The normalized spacial score (nSPS) is 11.2. The molecule has 2 aromatic rings. The maximum absolute atomic E-state index is 12.7. The smallest absolute Gasteiger partial charge is 0.383 e. The number of halogens is 3. The van der Waals surface area contributed by atoms with E-state index < -0.39 is 17.6 Å². The van der Waals surface area contributed by atoms with Crippen molar-refractivity contribution in [3.63, 3.8) is 0 Å². The van der Waals surface area contributed by atoms with Crippen LogP contribution in [0.15, 0.2) is 42.6 Å². The SMILES string of the molecule is COCCNc1ccnc(C(=O)Nc2cccc(C(F)(F)F)c2)c1. The van der Waals surface area contributed by atoms with Gasteiger partial charge in [0.15, 0.2) is 0 Å². The highest BCUT2D eigenvalue weighted by atomic mass is 19.4. The van der Waals surface area contributed by atoms with Crippen molar-refractivity contribution in [2.75, 3.05) is 30.9 Å². The summed E-state index contributed by atoms with van der Waals surface area (Å²) in [5.74, 6) is -0.593. The molecule has 2 N–H and O–H groups in total. The Bertz CT molecular complexity index is 705. The summed E-state index contributed by atoms with van der Waals surface area (Å²) in [6.07, 6.45) is -3.03. The third-order valence-corrected chi connectivity index (χ3v) is 3.08. The molecule has 0 aliphatic heterocycles. The highest BCUT2D eigenvalue weighted by Crippen LogP contribution is 2.30. The number of ether oxygens (including phenoxy) is 1. The minimum atomic E-state index is -4.47. The fourth-order valence-electron chi connectivity index (χ4n) is 1.93. The van der Waals surface area contributed by atoms with E-state index in [2.05, 4.69) is 15.6 Å². The zero-order valence-corrected chi connectivity index (χ0v) is 12.9. The fourth-order valence-corrected chi connectivity index (χ4v) is 1.93. The minimum Gasteiger partial charge on any atom is -0.383 e. The molecule has 0 fully saturated rings. The molecule has 0 aliphatic rings. The number of rotatable bonds is 6. The van der Waals surface area contributed by atoms with Gasteiger partial charge in [0.2, 0.25) is 0 Å². The predicted octanol–water partition coefficient (Wildman–Crippen LogP) is 3.41. The fraction of sp³-hybridized carbons (Fsp3) is 0.250. The van der Waals surface area contributed by atoms with E-state index in [-0.39, 0.29) is 11.4 Å². The molecule has 8 heteroatoms. The van der Waals surface area contributed by atoms with Crippen LogP contribution in [-0.4, -0.2) is 31.2 Å². The topological polar surface area (TPSA) is 63.2 Å². The summed E-state index contributed by atoms with van der Waals surface area (Å²) in [7, 11) is 1.57. The Kier molecular flexibility index (Phi) is 5.75. The molecule has 0 saturated heterocycles. The number of pyridine rings is 1. The summed E-state index contributed by atoms with van der Waals surface area (Å²) >= 11 is 0. The van der Waals surface area contributed by atoms with Crippen LogP contribution in [0.4, 0.5) is 24.5 Å². The first-order chi connectivity index (χ1) is 11.4. The van der Waals surface area contributed by atoms with Crippen LogP contribution in [0.3, 0.4) is 0 Å². The summed E-state index contributed by atoms with van der Waals surface area (Å²) in [5.41, 5.74) is -0.0244. The number of nitrogens with zero attached hydrogens (tertiary/aromatic N) is 1. The second kappa shape index (κ2) is 7.78. The number of methoxy groups -OCH3 is 1. The van der Waals surface area contributed by atoms with Gasteiger partial charge in [0, 0.05) is 31.2 Å². The Balaban J connectivity index is 2.08. The zero-order chi connectivity index (χ0) is 17.6. The third-order valence-electron chi connectivity index (χ3n) is 3.08. The maximum Gasteiger partial charge on any atom is 0.416 e. The second-order valence-corrected chi connectivity index (χ2v) is 4.88. The molecule has 1 amide bonds. The van der Waals surface area contributed by atoms with E-state index in [1.807, 2.05) is 0 Å². The molecule has 0 bridgehead atoms. The lowest BCUT2D eigenvalue weighted by Crippen LogP contribution is -2.15. The van der Waals surface area contributed by atoms with Crippen molar-refractivity contribution in [3.05, 3.63) is 53.9 Å². The molecule has 0 radical (unpaired) electrons. The molecule has 0 aliphatic carbocycles. The van der Waals surface area contributed by atoms with Gasteiger partial charge in [0.25, 0.3) is 5.91 Å². The van der Waals surface area contributed by atoms with Crippen molar-refractivity contribution >= 4 is 17.3 Å². The molecule has 0 saturated carbocycles. The number of amides is 1. The van der Waals surface area contributed by atoms with Crippen LogP contribution in [-0.2, 0) is 10.9 Å². The van der Waals surface area contributed by atoms with Gasteiger partial charge in [0.05, 0.1) is 12.2 Å². The van der Waals surface area contributed by atoms with E-state index in [1.165, 1.54) is 24.4 Å². The van der Waals surface area contributed by atoms with Crippen molar-refractivity contribution in [1.82, 2.24) is 4.98 Å². The number of benzene rings is 1. The van der Waals surface area contributed by atoms with Crippen LogP contribution in [0.2, 0.25) is 0 Å². The van der Waals surface area contributed by atoms with Crippen molar-refractivity contribution in [2.45, 2.75) is 6.18 Å². The second-order valence-electron chi connectivity index (χ2n) is 4.88. The van der Waals surface area contributed by atoms with Gasteiger partial charge in [-0.3, -0.25) is 9.78 Å². The van der Waals surface area contributed by atoms with Gasteiger partial charge in [0.1, 0.15) is 5.69 Å². The molecule has 1 aromatic heterocycles. The molecular formula is C16H16F3N3O2. The summed E-state index contributed by atoms with van der Waals surface area (Å²) in [6, 6.07) is 7.62. The number of anilines is 2. The lowest BCUT2D eigenvalue weighted by atomic mass is 10.2. The monoisotopic (exact) mass is 339 g/mol. The molecule has 5 nitrogen and oxygen atoms in total. The molecule has 24 heavy (non-hydrogen) atoms.